The summed E-state index contributed by atoms with van der Waals surface area (Å²) in [4.78, 5) is 15.9. The minimum Gasteiger partial charge on any atom is -0.872 e. The first kappa shape index (κ1) is 40.1. The van der Waals surface area contributed by atoms with E-state index >= 15 is 0 Å². The predicted molar refractivity (Wildman–Crippen MR) is 221 cm³/mol. The minimum absolute atomic E-state index is 0. The molecule has 0 N–H and O–H groups in total. The predicted octanol–water partition coefficient (Wildman–Crippen LogP) is 8.58. The van der Waals surface area contributed by atoms with Crippen molar-refractivity contribution in [1.82, 2.24) is 30.0 Å². The molecule has 0 saturated carbocycles. The maximum Gasteiger partial charge on any atom is 0.149 e. The van der Waals surface area contributed by atoms with E-state index in [0.717, 1.165) is 85.3 Å². The molecule has 9 rings (SSSR count). The molecule has 7 aromatic carbocycles. The Balaban J connectivity index is 0.000000147. The number of methoxy groups -OCH3 is 2. The number of nitrogens with zero attached hydrogens (tertiary/aromatic N) is 7. The Labute approximate surface area is 343 Å². The van der Waals surface area contributed by atoms with Gasteiger partial charge in [0.1, 0.15) is 39.9 Å². The van der Waals surface area contributed by atoms with Crippen LogP contribution in [-0.4, -0.2) is 63.6 Å². The number of ether oxygens (including phenoxy) is 2. The summed E-state index contributed by atoms with van der Waals surface area (Å²) in [5.41, 5.74) is 6.54. The Morgan fingerprint density at radius 2 is 0.947 bits per heavy atom. The van der Waals surface area contributed by atoms with Gasteiger partial charge in [-0.1, -0.05) is 84.6 Å². The number of hydrogen-bond acceptors (Lipinski definition) is 9. The third-order valence-electron chi connectivity index (χ3n) is 9.42. The first-order chi connectivity index (χ1) is 27.5. The summed E-state index contributed by atoms with van der Waals surface area (Å²) in [7, 11) is 3.36. The second kappa shape index (κ2) is 18.3. The summed E-state index contributed by atoms with van der Waals surface area (Å²) in [6.07, 6.45) is 0.592. The summed E-state index contributed by atoms with van der Waals surface area (Å²) in [5, 5.41) is 33.8. The molecule has 0 amide bonds. The second-order valence-corrected chi connectivity index (χ2v) is 12.6. The minimum atomic E-state index is -0.204. The van der Waals surface area contributed by atoms with Gasteiger partial charge in [-0.15, -0.1) is 30.0 Å². The standard InChI is InChI=1S/2C17H13N3O.C11H15NO2.Ir/c2*1-21-17-11-10-16(12-6-2-3-7-13(12)17)20-18-14-8-4-5-9-15(14)19-20;1-3-12(4-2)10-6-5-9(8-13)11(14)7-10;/h2*2-11H,1H3;5-8,14H,3-4H2,1-2H3;/p-1. The van der Waals surface area contributed by atoms with E-state index < -0.39 is 0 Å². The van der Waals surface area contributed by atoms with Crippen LogP contribution >= 0.6 is 0 Å². The van der Waals surface area contributed by atoms with Crippen LogP contribution in [0.4, 0.5) is 5.69 Å². The van der Waals surface area contributed by atoms with Crippen molar-refractivity contribution < 1.29 is 39.5 Å². The summed E-state index contributed by atoms with van der Waals surface area (Å²) in [6.45, 7) is 5.77. The molecular formula is C45H40IrN7O4-. The molecular weight excluding hydrogens is 895 g/mol. The number of hydrogen-bond donors (Lipinski definition) is 0. The Morgan fingerprint density at radius 1 is 0.561 bits per heavy atom. The van der Waals surface area contributed by atoms with Gasteiger partial charge >= 0.3 is 0 Å². The summed E-state index contributed by atoms with van der Waals surface area (Å²) in [6, 6.07) is 44.7. The first-order valence-electron chi connectivity index (χ1n) is 18.2. The largest absolute Gasteiger partial charge is 0.872 e. The Hall–Kier alpha value is -6.62. The molecule has 2 aromatic heterocycles. The van der Waals surface area contributed by atoms with Gasteiger partial charge in [-0.25, -0.2) is 0 Å². The number of benzene rings is 7. The molecule has 11 nitrogen and oxygen atoms in total. The maximum absolute atomic E-state index is 11.3. The maximum atomic E-state index is 11.3. The van der Waals surface area contributed by atoms with Crippen LogP contribution in [0.2, 0.25) is 0 Å². The molecule has 0 aliphatic carbocycles. The number of fused-ring (bicyclic) bond motifs is 4. The summed E-state index contributed by atoms with van der Waals surface area (Å²) in [5.74, 6) is 1.50. The van der Waals surface area contributed by atoms with Crippen LogP contribution in [0.5, 0.6) is 17.2 Å². The topological polar surface area (TPSA) is 123 Å². The smallest absolute Gasteiger partial charge is 0.149 e. The number of aldehydes is 1. The van der Waals surface area contributed by atoms with E-state index in [1.165, 1.54) is 6.07 Å². The van der Waals surface area contributed by atoms with E-state index in [1.807, 2.05) is 123 Å². The van der Waals surface area contributed by atoms with Gasteiger partial charge in [0.25, 0.3) is 0 Å². The number of rotatable bonds is 8. The quantitative estimate of drug-likeness (QED) is 0.138. The van der Waals surface area contributed by atoms with Gasteiger partial charge in [-0.3, -0.25) is 4.79 Å². The van der Waals surface area contributed by atoms with Gasteiger partial charge in [0.05, 0.1) is 25.6 Å². The summed E-state index contributed by atoms with van der Waals surface area (Å²) >= 11 is 0. The normalized spacial score (nSPS) is 10.6. The molecule has 0 spiro atoms. The molecule has 0 bridgehead atoms. The van der Waals surface area contributed by atoms with Crippen LogP contribution in [0.1, 0.15) is 24.2 Å². The molecule has 0 aliphatic heterocycles. The van der Waals surface area contributed by atoms with Gasteiger partial charge in [-0.05, 0) is 74.5 Å². The first-order valence-corrected chi connectivity index (χ1v) is 18.2. The zero-order valence-electron chi connectivity index (χ0n) is 31.9. The van der Waals surface area contributed by atoms with Gasteiger partial charge in [0.15, 0.2) is 0 Å². The van der Waals surface area contributed by atoms with E-state index in [4.69, 9.17) is 9.47 Å². The van der Waals surface area contributed by atoms with Crippen LogP contribution < -0.4 is 19.5 Å². The fourth-order valence-corrected chi connectivity index (χ4v) is 6.56. The van der Waals surface area contributed by atoms with E-state index in [0.29, 0.717) is 6.29 Å². The van der Waals surface area contributed by atoms with Crippen LogP contribution in [0.25, 0.3) is 55.0 Å². The van der Waals surface area contributed by atoms with Crippen molar-refractivity contribution in [2.45, 2.75) is 13.8 Å². The molecule has 12 heteroatoms. The molecule has 0 aliphatic rings. The average molecular weight is 935 g/mol. The monoisotopic (exact) mass is 935 g/mol. The zero-order valence-corrected chi connectivity index (χ0v) is 34.3. The third kappa shape index (κ3) is 8.47. The molecule has 289 valence electrons. The van der Waals surface area contributed by atoms with Gasteiger partial charge in [-0.2, -0.15) is 0 Å². The number of aromatic nitrogens is 6. The van der Waals surface area contributed by atoms with Crippen molar-refractivity contribution in [3.05, 3.63) is 145 Å². The van der Waals surface area contributed by atoms with E-state index in [9.17, 15) is 9.90 Å². The number of carbonyl (C=O) groups excluding carboxylic acids is 1. The van der Waals surface area contributed by atoms with Crippen molar-refractivity contribution >= 4 is 55.6 Å². The number of anilines is 1. The third-order valence-corrected chi connectivity index (χ3v) is 9.42. The fourth-order valence-electron chi connectivity index (χ4n) is 6.56. The van der Waals surface area contributed by atoms with Crippen molar-refractivity contribution in [2.75, 3.05) is 32.2 Å². The molecule has 9 aromatic rings. The molecule has 0 unspecified atom stereocenters. The molecule has 57 heavy (non-hydrogen) atoms. The second-order valence-electron chi connectivity index (χ2n) is 12.6. The van der Waals surface area contributed by atoms with Crippen LogP contribution in [0, 0.1) is 0 Å². The van der Waals surface area contributed by atoms with Crippen molar-refractivity contribution in [1.29, 1.82) is 0 Å². The van der Waals surface area contributed by atoms with Crippen LogP contribution in [-0.2, 0) is 20.1 Å². The van der Waals surface area contributed by atoms with Crippen molar-refractivity contribution in [2.24, 2.45) is 0 Å². The van der Waals surface area contributed by atoms with Crippen molar-refractivity contribution in [3.8, 4) is 28.6 Å². The van der Waals surface area contributed by atoms with Crippen molar-refractivity contribution in [3.63, 3.8) is 0 Å². The molecule has 1 radical (unpaired) electrons. The zero-order chi connectivity index (χ0) is 39.0. The van der Waals surface area contributed by atoms with Gasteiger partial charge in [0.2, 0.25) is 0 Å². The van der Waals surface area contributed by atoms with Crippen LogP contribution in [0.15, 0.2) is 140 Å². The Morgan fingerprint density at radius 3 is 1.30 bits per heavy atom. The summed E-state index contributed by atoms with van der Waals surface area (Å²) < 4.78 is 10.9. The molecule has 0 atom stereocenters. The molecule has 0 fully saturated rings. The van der Waals surface area contributed by atoms with Gasteiger partial charge in [0, 0.05) is 66.0 Å². The van der Waals surface area contributed by atoms with E-state index in [-0.39, 0.29) is 31.4 Å². The average Bonchev–Trinajstić information content (AvgIpc) is 3.89. The molecule has 2 heterocycles. The fraction of sp³-hybridized carbons (Fsp3) is 0.133. The Kier molecular flexibility index (Phi) is 12.9. The van der Waals surface area contributed by atoms with Crippen LogP contribution in [0.3, 0.4) is 0 Å². The van der Waals surface area contributed by atoms with E-state index in [1.54, 1.807) is 35.9 Å². The SMILES string of the molecule is CCN(CC)c1ccc(C=O)c([O-])c1.COc1ccc(-n2nc3ccccc3n2)c2ccccc12.COc1ccc(-n2nc3ccccc3n2)c2ccccc12.[Ir]. The van der Waals surface area contributed by atoms with E-state index in [2.05, 4.69) is 37.4 Å². The number of carbonyl (C=O) groups is 1. The Bertz CT molecular complexity index is 2560. The van der Waals surface area contributed by atoms with Gasteiger partial charge < -0.3 is 19.5 Å². The molecule has 0 saturated heterocycles.